The average Bonchev–Trinajstić information content (AvgIpc) is 3.08. The summed E-state index contributed by atoms with van der Waals surface area (Å²) in [5.41, 5.74) is 1.78. The molecule has 134 valence electrons. The monoisotopic (exact) mass is 346 g/mol. The minimum atomic E-state index is -0.251. The van der Waals surface area contributed by atoms with Gasteiger partial charge >= 0.3 is 6.03 Å². The third kappa shape index (κ3) is 5.03. The second kappa shape index (κ2) is 8.11. The van der Waals surface area contributed by atoms with Gasteiger partial charge in [-0.25, -0.2) is 9.18 Å². The van der Waals surface area contributed by atoms with Crippen LogP contribution in [0.25, 0.3) is 0 Å². The van der Waals surface area contributed by atoms with Gasteiger partial charge in [0.05, 0.1) is 5.69 Å². The fourth-order valence-electron chi connectivity index (χ4n) is 3.03. The highest BCUT2D eigenvalue weighted by molar-refractivity contribution is 5.74. The van der Waals surface area contributed by atoms with Crippen molar-refractivity contribution >= 4 is 6.03 Å². The summed E-state index contributed by atoms with van der Waals surface area (Å²) in [6.45, 7) is 5.63. The first kappa shape index (κ1) is 17.4. The number of benzene rings is 1. The van der Waals surface area contributed by atoms with Gasteiger partial charge in [-0.1, -0.05) is 17.3 Å². The largest absolute Gasteiger partial charge is 0.364 e. The molecule has 1 N–H and O–H groups in total. The van der Waals surface area contributed by atoms with Crippen molar-refractivity contribution in [3.8, 4) is 0 Å². The van der Waals surface area contributed by atoms with Crippen molar-refractivity contribution in [2.75, 3.05) is 26.2 Å². The van der Waals surface area contributed by atoms with Gasteiger partial charge in [-0.15, -0.1) is 0 Å². The summed E-state index contributed by atoms with van der Waals surface area (Å²) in [4.78, 5) is 16.5. The van der Waals surface area contributed by atoms with Gasteiger partial charge in [0.15, 0.2) is 0 Å². The Morgan fingerprint density at radius 1 is 1.32 bits per heavy atom. The normalized spacial score (nSPS) is 16.6. The molecule has 6 nitrogen and oxygen atoms in total. The zero-order valence-electron chi connectivity index (χ0n) is 14.3. The van der Waals surface area contributed by atoms with E-state index in [2.05, 4.69) is 15.4 Å². The Hall–Kier alpha value is -2.41. The molecule has 1 aromatic heterocycles. The zero-order valence-corrected chi connectivity index (χ0v) is 14.3. The van der Waals surface area contributed by atoms with Gasteiger partial charge in [-0.2, -0.15) is 0 Å². The van der Waals surface area contributed by atoms with Crippen LogP contribution in [0.15, 0.2) is 41.1 Å². The van der Waals surface area contributed by atoms with Gasteiger partial charge in [0, 0.05) is 44.8 Å². The summed E-state index contributed by atoms with van der Waals surface area (Å²) in [6.07, 6.45) is 2.18. The van der Waals surface area contributed by atoms with Crippen molar-refractivity contribution in [1.82, 2.24) is 20.3 Å². The van der Waals surface area contributed by atoms with E-state index in [0.717, 1.165) is 30.9 Å². The molecule has 0 bridgehead atoms. The highest BCUT2D eigenvalue weighted by Gasteiger charge is 2.22. The van der Waals surface area contributed by atoms with Crippen molar-refractivity contribution in [2.24, 2.45) is 0 Å². The van der Waals surface area contributed by atoms with E-state index in [1.54, 1.807) is 12.3 Å². The number of carbonyl (C=O) groups excluding carboxylic acids is 1. The smallest absolute Gasteiger partial charge is 0.317 e. The molecule has 2 aromatic rings. The van der Waals surface area contributed by atoms with Crippen LogP contribution in [0.2, 0.25) is 0 Å². The molecular weight excluding hydrogens is 323 g/mol. The minimum absolute atomic E-state index is 0.0533. The number of hydrogen-bond donors (Lipinski definition) is 1. The van der Waals surface area contributed by atoms with Crippen molar-refractivity contribution in [3.63, 3.8) is 0 Å². The Morgan fingerprint density at radius 2 is 2.12 bits per heavy atom. The van der Waals surface area contributed by atoms with Crippen LogP contribution >= 0.6 is 0 Å². The maximum absolute atomic E-state index is 13.2. The maximum atomic E-state index is 13.2. The standard InChI is InChI=1S/C18H23FN4O2/c1-14(11-15-3-2-4-16(19)12-15)20-18(24)23-8-6-22(7-9-23)13-17-5-10-25-21-17/h2-5,10,12,14H,6-9,11,13H2,1H3,(H,20,24)/t14-/m1/s1. The van der Waals surface area contributed by atoms with Crippen molar-refractivity contribution < 1.29 is 13.7 Å². The second-order valence-corrected chi connectivity index (χ2v) is 6.44. The number of amides is 2. The van der Waals surface area contributed by atoms with E-state index < -0.39 is 0 Å². The zero-order chi connectivity index (χ0) is 17.6. The predicted octanol–water partition coefficient (Wildman–Crippen LogP) is 2.27. The number of rotatable bonds is 5. The molecule has 1 fully saturated rings. The molecule has 2 amide bonds. The first-order valence-electron chi connectivity index (χ1n) is 8.51. The Kier molecular flexibility index (Phi) is 5.65. The lowest BCUT2D eigenvalue weighted by atomic mass is 10.1. The molecule has 3 rings (SSSR count). The highest BCUT2D eigenvalue weighted by Crippen LogP contribution is 2.09. The van der Waals surface area contributed by atoms with Gasteiger partial charge in [-0.05, 0) is 31.0 Å². The molecule has 1 saturated heterocycles. The van der Waals surface area contributed by atoms with E-state index in [1.807, 2.05) is 24.0 Å². The number of hydrogen-bond acceptors (Lipinski definition) is 4. The predicted molar refractivity (Wildman–Crippen MR) is 91.5 cm³/mol. The SMILES string of the molecule is C[C@H](Cc1cccc(F)c1)NC(=O)N1CCN(Cc2ccon2)CC1. The van der Waals surface area contributed by atoms with E-state index in [4.69, 9.17) is 4.52 Å². The topological polar surface area (TPSA) is 61.6 Å². The number of piperazine rings is 1. The first-order chi connectivity index (χ1) is 12.1. The quantitative estimate of drug-likeness (QED) is 0.902. The number of nitrogens with zero attached hydrogens (tertiary/aromatic N) is 3. The van der Waals surface area contributed by atoms with Crippen LogP contribution in [0.3, 0.4) is 0 Å². The van der Waals surface area contributed by atoms with Gasteiger partial charge in [0.2, 0.25) is 0 Å². The third-order valence-corrected chi connectivity index (χ3v) is 4.34. The Morgan fingerprint density at radius 3 is 2.80 bits per heavy atom. The molecule has 1 aliphatic heterocycles. The van der Waals surface area contributed by atoms with Gasteiger partial charge < -0.3 is 14.7 Å². The highest BCUT2D eigenvalue weighted by atomic mass is 19.1. The van der Waals surface area contributed by atoms with Crippen LogP contribution in [0, 0.1) is 5.82 Å². The van der Waals surface area contributed by atoms with Crippen molar-refractivity contribution in [1.29, 1.82) is 0 Å². The van der Waals surface area contributed by atoms with Crippen LogP contribution in [0.1, 0.15) is 18.2 Å². The molecule has 0 radical (unpaired) electrons. The van der Waals surface area contributed by atoms with Gasteiger partial charge in [0.25, 0.3) is 0 Å². The molecule has 0 unspecified atom stereocenters. The third-order valence-electron chi connectivity index (χ3n) is 4.34. The lowest BCUT2D eigenvalue weighted by Crippen LogP contribution is -2.53. The summed E-state index contributed by atoms with van der Waals surface area (Å²) in [5.74, 6) is -0.251. The molecule has 1 aromatic carbocycles. The number of nitrogens with one attached hydrogen (secondary N) is 1. The number of urea groups is 1. The molecule has 0 saturated carbocycles. The molecule has 7 heteroatoms. The average molecular weight is 346 g/mol. The number of carbonyl (C=O) groups is 1. The molecule has 1 atom stereocenters. The molecule has 0 spiro atoms. The number of halogens is 1. The fourth-order valence-corrected chi connectivity index (χ4v) is 3.03. The van der Waals surface area contributed by atoms with E-state index in [9.17, 15) is 9.18 Å². The van der Waals surface area contributed by atoms with Crippen molar-refractivity contribution in [2.45, 2.75) is 25.9 Å². The van der Waals surface area contributed by atoms with Crippen LogP contribution in [-0.2, 0) is 13.0 Å². The van der Waals surface area contributed by atoms with E-state index in [0.29, 0.717) is 19.5 Å². The summed E-state index contributed by atoms with van der Waals surface area (Å²) in [5, 5.41) is 6.91. The first-order valence-corrected chi connectivity index (χ1v) is 8.51. The lowest BCUT2D eigenvalue weighted by molar-refractivity contribution is 0.132. The Bertz CT molecular complexity index is 684. The molecule has 1 aliphatic rings. The summed E-state index contributed by atoms with van der Waals surface area (Å²) >= 11 is 0. The van der Waals surface area contributed by atoms with Crippen LogP contribution in [-0.4, -0.2) is 53.2 Å². The van der Waals surface area contributed by atoms with Gasteiger partial charge in [-0.3, -0.25) is 4.90 Å². The molecular formula is C18H23FN4O2. The molecule has 25 heavy (non-hydrogen) atoms. The van der Waals surface area contributed by atoms with Crippen LogP contribution in [0.5, 0.6) is 0 Å². The molecule has 0 aliphatic carbocycles. The van der Waals surface area contributed by atoms with E-state index in [-0.39, 0.29) is 17.9 Å². The Labute approximate surface area is 146 Å². The Balaban J connectivity index is 1.42. The summed E-state index contributed by atoms with van der Waals surface area (Å²) in [7, 11) is 0. The molecule has 2 heterocycles. The number of aromatic nitrogens is 1. The van der Waals surface area contributed by atoms with E-state index in [1.165, 1.54) is 12.1 Å². The van der Waals surface area contributed by atoms with Gasteiger partial charge in [0.1, 0.15) is 12.1 Å². The lowest BCUT2D eigenvalue weighted by Gasteiger charge is -2.34. The van der Waals surface area contributed by atoms with Crippen molar-refractivity contribution in [3.05, 3.63) is 53.7 Å². The second-order valence-electron chi connectivity index (χ2n) is 6.44. The fraction of sp³-hybridized carbons (Fsp3) is 0.444. The summed E-state index contributed by atoms with van der Waals surface area (Å²) < 4.78 is 18.1. The van der Waals surface area contributed by atoms with Crippen LogP contribution in [0.4, 0.5) is 9.18 Å². The minimum Gasteiger partial charge on any atom is -0.364 e. The van der Waals surface area contributed by atoms with Crippen LogP contribution < -0.4 is 5.32 Å². The van der Waals surface area contributed by atoms with E-state index >= 15 is 0 Å². The summed E-state index contributed by atoms with van der Waals surface area (Å²) in [6, 6.07) is 8.22. The maximum Gasteiger partial charge on any atom is 0.317 e.